The van der Waals surface area contributed by atoms with Crippen LogP contribution in [0.5, 0.6) is 5.75 Å². The first kappa shape index (κ1) is 27.8. The van der Waals surface area contributed by atoms with Gasteiger partial charge in [-0.05, 0) is 75.0 Å². The standard InChI is InChI=1S/C31H40N2O5/c1-22(2)20-33(29(36)25-10-7-6-8-11-25)27-14-15-31(38-24(4)35)21-32(5)17-16-30(31,19-27)26-12-9-13-28(18-26)37-23(3)34/h6-13,18,22,27H,14-17,19-21H2,1-5H3. The Morgan fingerprint density at radius 2 is 1.76 bits per heavy atom. The molecule has 1 saturated heterocycles. The SMILES string of the molecule is CC(=O)Oc1cccc(C23CCN(C)CC2(OC(C)=O)CCC(N(CC(C)C)C(=O)c2ccccc2)C3)c1. The van der Waals surface area contributed by atoms with Crippen molar-refractivity contribution < 1.29 is 23.9 Å². The molecule has 2 fully saturated rings. The number of rotatable bonds is 7. The first-order valence-electron chi connectivity index (χ1n) is 13.6. The number of ether oxygens (including phenoxy) is 2. The number of esters is 2. The van der Waals surface area contributed by atoms with Gasteiger partial charge in [0.05, 0.1) is 0 Å². The number of piperidine rings is 1. The maximum Gasteiger partial charge on any atom is 0.308 e. The fourth-order valence-electron chi connectivity index (χ4n) is 6.59. The molecule has 7 nitrogen and oxygen atoms in total. The van der Waals surface area contributed by atoms with E-state index in [2.05, 4.69) is 25.8 Å². The number of fused-ring (bicyclic) bond motifs is 1. The van der Waals surface area contributed by atoms with Crippen molar-refractivity contribution in [2.75, 3.05) is 26.7 Å². The zero-order chi connectivity index (χ0) is 27.5. The Kier molecular flexibility index (Phi) is 8.26. The summed E-state index contributed by atoms with van der Waals surface area (Å²) in [4.78, 5) is 42.4. The fraction of sp³-hybridized carbons (Fsp3) is 0.516. The van der Waals surface area contributed by atoms with Gasteiger partial charge in [-0.2, -0.15) is 0 Å². The van der Waals surface area contributed by atoms with Crippen LogP contribution in [0.4, 0.5) is 0 Å². The van der Waals surface area contributed by atoms with Crippen LogP contribution in [0, 0.1) is 5.92 Å². The molecule has 38 heavy (non-hydrogen) atoms. The molecule has 1 aliphatic heterocycles. The topological polar surface area (TPSA) is 76.2 Å². The largest absolute Gasteiger partial charge is 0.457 e. The van der Waals surface area contributed by atoms with Crippen molar-refractivity contribution in [3.8, 4) is 5.75 Å². The second-order valence-electron chi connectivity index (χ2n) is 11.4. The van der Waals surface area contributed by atoms with E-state index in [1.165, 1.54) is 13.8 Å². The van der Waals surface area contributed by atoms with E-state index < -0.39 is 11.0 Å². The highest BCUT2D eigenvalue weighted by Crippen LogP contribution is 2.54. The molecule has 2 aromatic carbocycles. The maximum absolute atomic E-state index is 13.8. The number of nitrogens with zero attached hydrogens (tertiary/aromatic N) is 2. The van der Waals surface area contributed by atoms with E-state index in [4.69, 9.17) is 9.47 Å². The Hall–Kier alpha value is -3.19. The van der Waals surface area contributed by atoms with E-state index in [9.17, 15) is 14.4 Å². The molecule has 1 saturated carbocycles. The van der Waals surface area contributed by atoms with E-state index >= 15 is 0 Å². The molecule has 3 atom stereocenters. The van der Waals surface area contributed by atoms with Crippen molar-refractivity contribution >= 4 is 17.8 Å². The van der Waals surface area contributed by atoms with Gasteiger partial charge in [-0.15, -0.1) is 0 Å². The third-order valence-corrected chi connectivity index (χ3v) is 8.05. The first-order chi connectivity index (χ1) is 18.0. The van der Waals surface area contributed by atoms with Crippen LogP contribution in [0.2, 0.25) is 0 Å². The Bertz CT molecular complexity index is 1170. The van der Waals surface area contributed by atoms with Crippen LogP contribution in [-0.2, 0) is 19.7 Å². The molecule has 0 radical (unpaired) electrons. The normalized spacial score (nSPS) is 25.4. The summed E-state index contributed by atoms with van der Waals surface area (Å²) < 4.78 is 11.8. The minimum absolute atomic E-state index is 0.0287. The van der Waals surface area contributed by atoms with Crippen LogP contribution >= 0.6 is 0 Å². The van der Waals surface area contributed by atoms with Crippen molar-refractivity contribution in [1.82, 2.24) is 9.80 Å². The van der Waals surface area contributed by atoms with Crippen molar-refractivity contribution in [1.29, 1.82) is 0 Å². The van der Waals surface area contributed by atoms with E-state index in [0.29, 0.717) is 43.2 Å². The molecule has 1 amide bonds. The lowest BCUT2D eigenvalue weighted by Crippen LogP contribution is -2.68. The summed E-state index contributed by atoms with van der Waals surface area (Å²) >= 11 is 0. The molecular formula is C31H40N2O5. The Morgan fingerprint density at radius 3 is 2.42 bits per heavy atom. The minimum atomic E-state index is -0.753. The molecule has 0 N–H and O–H groups in total. The number of carbonyl (C=O) groups excluding carboxylic acids is 3. The maximum atomic E-state index is 13.8. The van der Waals surface area contributed by atoms with Crippen LogP contribution in [-0.4, -0.2) is 66.0 Å². The van der Waals surface area contributed by atoms with Gasteiger partial charge in [0.25, 0.3) is 5.91 Å². The fourth-order valence-corrected chi connectivity index (χ4v) is 6.59. The first-order valence-corrected chi connectivity index (χ1v) is 13.6. The molecule has 0 aromatic heterocycles. The number of amides is 1. The number of carbonyl (C=O) groups is 3. The van der Waals surface area contributed by atoms with Gasteiger partial charge in [0.2, 0.25) is 0 Å². The monoisotopic (exact) mass is 520 g/mol. The molecule has 3 unspecified atom stereocenters. The Labute approximate surface area is 226 Å². The summed E-state index contributed by atoms with van der Waals surface area (Å²) in [7, 11) is 2.06. The van der Waals surface area contributed by atoms with Gasteiger partial charge in [-0.25, -0.2) is 0 Å². The van der Waals surface area contributed by atoms with Crippen molar-refractivity contribution in [2.24, 2.45) is 5.92 Å². The lowest BCUT2D eigenvalue weighted by atomic mass is 9.55. The number of hydrogen-bond acceptors (Lipinski definition) is 6. The second kappa shape index (κ2) is 11.3. The predicted molar refractivity (Wildman–Crippen MR) is 146 cm³/mol. The highest BCUT2D eigenvalue weighted by molar-refractivity contribution is 5.94. The summed E-state index contributed by atoms with van der Waals surface area (Å²) in [6.45, 7) is 9.19. The molecule has 4 rings (SSSR count). The van der Waals surface area contributed by atoms with Gasteiger partial charge >= 0.3 is 11.9 Å². The quantitative estimate of drug-likeness (QED) is 0.384. The number of likely N-dealkylation sites (tertiary alicyclic amines) is 1. The van der Waals surface area contributed by atoms with Crippen LogP contribution in [0.3, 0.4) is 0 Å². The minimum Gasteiger partial charge on any atom is -0.457 e. The van der Waals surface area contributed by atoms with E-state index in [0.717, 1.165) is 24.9 Å². The molecule has 0 spiro atoms. The highest BCUT2D eigenvalue weighted by atomic mass is 16.6. The van der Waals surface area contributed by atoms with Gasteiger partial charge in [-0.3, -0.25) is 14.4 Å². The van der Waals surface area contributed by atoms with Crippen LogP contribution < -0.4 is 4.74 Å². The molecule has 2 aliphatic rings. The van der Waals surface area contributed by atoms with Crippen molar-refractivity contribution in [2.45, 2.75) is 70.4 Å². The lowest BCUT2D eigenvalue weighted by Gasteiger charge is -2.60. The van der Waals surface area contributed by atoms with E-state index in [1.807, 2.05) is 53.4 Å². The third kappa shape index (κ3) is 5.63. The zero-order valence-corrected chi connectivity index (χ0v) is 23.2. The average Bonchev–Trinajstić information content (AvgIpc) is 2.86. The predicted octanol–water partition coefficient (Wildman–Crippen LogP) is 4.84. The highest BCUT2D eigenvalue weighted by Gasteiger charge is 2.61. The second-order valence-corrected chi connectivity index (χ2v) is 11.4. The molecule has 204 valence electrons. The molecule has 7 heteroatoms. The third-order valence-electron chi connectivity index (χ3n) is 8.05. The summed E-state index contributed by atoms with van der Waals surface area (Å²) in [6.07, 6.45) is 2.78. The van der Waals surface area contributed by atoms with Gasteiger partial charge in [0.1, 0.15) is 11.4 Å². The van der Waals surface area contributed by atoms with E-state index in [1.54, 1.807) is 6.07 Å². The van der Waals surface area contributed by atoms with Crippen LogP contribution in [0.1, 0.15) is 69.3 Å². The smallest absolute Gasteiger partial charge is 0.308 e. The molecule has 1 heterocycles. The number of likely N-dealkylation sites (N-methyl/N-ethyl adjacent to an activating group) is 1. The summed E-state index contributed by atoms with van der Waals surface area (Å²) in [6, 6.07) is 17.0. The summed E-state index contributed by atoms with van der Waals surface area (Å²) in [5, 5.41) is 0. The van der Waals surface area contributed by atoms with E-state index in [-0.39, 0.29) is 23.9 Å². The molecule has 2 aromatic rings. The number of benzene rings is 2. The van der Waals surface area contributed by atoms with Crippen LogP contribution in [0.25, 0.3) is 0 Å². The van der Waals surface area contributed by atoms with Crippen molar-refractivity contribution in [3.63, 3.8) is 0 Å². The Balaban J connectivity index is 1.81. The van der Waals surface area contributed by atoms with Crippen molar-refractivity contribution in [3.05, 3.63) is 65.7 Å². The van der Waals surface area contributed by atoms with Gasteiger partial charge in [0.15, 0.2) is 0 Å². The summed E-state index contributed by atoms with van der Waals surface area (Å²) in [5.41, 5.74) is 0.360. The zero-order valence-electron chi connectivity index (χ0n) is 23.2. The molecule has 1 aliphatic carbocycles. The van der Waals surface area contributed by atoms with Gasteiger partial charge in [-0.1, -0.05) is 44.2 Å². The summed E-state index contributed by atoms with van der Waals surface area (Å²) in [5.74, 6) is 0.108. The molecular weight excluding hydrogens is 480 g/mol. The Morgan fingerprint density at radius 1 is 1.03 bits per heavy atom. The molecule has 0 bridgehead atoms. The lowest BCUT2D eigenvalue weighted by molar-refractivity contribution is -0.187. The average molecular weight is 521 g/mol. The van der Waals surface area contributed by atoms with Gasteiger partial charge < -0.3 is 19.3 Å². The van der Waals surface area contributed by atoms with Gasteiger partial charge in [0, 0.05) is 44.0 Å². The number of hydrogen-bond donors (Lipinski definition) is 0. The van der Waals surface area contributed by atoms with Crippen LogP contribution in [0.15, 0.2) is 54.6 Å².